The van der Waals surface area contributed by atoms with Gasteiger partial charge in [-0.25, -0.2) is 0 Å². The zero-order valence-electron chi connectivity index (χ0n) is 9.29. The fourth-order valence-electron chi connectivity index (χ4n) is 1.92. The first-order valence-electron chi connectivity index (χ1n) is 5.18. The number of hydrogen-bond acceptors (Lipinski definition) is 2. The van der Waals surface area contributed by atoms with Gasteiger partial charge >= 0.3 is 0 Å². The van der Waals surface area contributed by atoms with Gasteiger partial charge in [0.15, 0.2) is 0 Å². The lowest BCUT2D eigenvalue weighted by molar-refractivity contribution is -0.128. The van der Waals surface area contributed by atoms with Gasteiger partial charge in [-0.3, -0.25) is 4.79 Å². The quantitative estimate of drug-likeness (QED) is 0.639. The maximum Gasteiger partial charge on any atom is 0.246 e. The van der Waals surface area contributed by atoms with Gasteiger partial charge in [0.05, 0.1) is 0 Å². The maximum absolute atomic E-state index is 11.7. The number of likely N-dealkylation sites (tertiary alicyclic amines) is 1. The first kappa shape index (κ1) is 11.2. The fraction of sp³-hybridized carbons (Fsp3) is 0.727. The van der Waals surface area contributed by atoms with Gasteiger partial charge in [0.25, 0.3) is 0 Å². The van der Waals surface area contributed by atoms with Crippen LogP contribution in [0.1, 0.15) is 27.2 Å². The Labute approximate surface area is 86.0 Å². The molecule has 0 spiro atoms. The fourth-order valence-corrected chi connectivity index (χ4v) is 1.92. The third-order valence-corrected chi connectivity index (χ3v) is 2.42. The summed E-state index contributed by atoms with van der Waals surface area (Å²) in [6.45, 7) is 7.56. The predicted molar refractivity (Wildman–Crippen MR) is 57.8 cm³/mol. The molecule has 0 aromatic carbocycles. The average molecular weight is 196 g/mol. The van der Waals surface area contributed by atoms with Gasteiger partial charge < -0.3 is 10.6 Å². The number of nitrogens with zero attached hydrogens (tertiary/aromatic N) is 1. The number of amides is 1. The molecule has 0 saturated carbocycles. The van der Waals surface area contributed by atoms with Gasteiger partial charge in [-0.05, 0) is 26.2 Å². The molecule has 2 N–H and O–H groups in total. The molecular weight excluding hydrogens is 176 g/mol. The highest BCUT2D eigenvalue weighted by molar-refractivity contribution is 5.88. The topological polar surface area (TPSA) is 46.3 Å². The van der Waals surface area contributed by atoms with Crippen LogP contribution in [0.25, 0.3) is 0 Å². The Morgan fingerprint density at radius 1 is 1.43 bits per heavy atom. The van der Waals surface area contributed by atoms with Crippen molar-refractivity contribution in [2.45, 2.75) is 33.2 Å². The largest absolute Gasteiger partial charge is 0.337 e. The van der Waals surface area contributed by atoms with E-state index in [1.54, 1.807) is 6.08 Å². The van der Waals surface area contributed by atoms with Crippen LogP contribution in [0.2, 0.25) is 0 Å². The molecular formula is C11H20N2O. The van der Waals surface area contributed by atoms with Crippen LogP contribution in [0.5, 0.6) is 0 Å². The lowest BCUT2D eigenvalue weighted by Crippen LogP contribution is -2.48. The molecule has 0 radical (unpaired) electrons. The standard InChI is InChI=1S/C11H20N2O/c1-8(2)4-11(14)13-6-9(3)5-10(12)7-13/h4,9-10H,5-7,12H2,1-3H3. The van der Waals surface area contributed by atoms with Gasteiger partial charge in [0, 0.05) is 25.2 Å². The van der Waals surface area contributed by atoms with Crippen LogP contribution in [0.4, 0.5) is 0 Å². The van der Waals surface area contributed by atoms with Crippen LogP contribution in [-0.4, -0.2) is 29.9 Å². The minimum Gasteiger partial charge on any atom is -0.337 e. The summed E-state index contributed by atoms with van der Waals surface area (Å²) in [5.74, 6) is 0.625. The number of hydrogen-bond donors (Lipinski definition) is 1. The molecule has 0 aromatic rings. The molecule has 0 aromatic heterocycles. The van der Waals surface area contributed by atoms with Crippen LogP contribution < -0.4 is 5.73 Å². The molecule has 1 aliphatic heterocycles. The average Bonchev–Trinajstić information content (AvgIpc) is 2.00. The Bertz CT molecular complexity index is 234. The normalized spacial score (nSPS) is 27.3. The molecule has 1 rings (SSSR count). The first-order chi connectivity index (χ1) is 6.49. The van der Waals surface area contributed by atoms with E-state index >= 15 is 0 Å². The molecule has 3 heteroatoms. The highest BCUT2D eigenvalue weighted by Crippen LogP contribution is 2.15. The summed E-state index contributed by atoms with van der Waals surface area (Å²) < 4.78 is 0. The number of rotatable bonds is 1. The highest BCUT2D eigenvalue weighted by Gasteiger charge is 2.24. The summed E-state index contributed by atoms with van der Waals surface area (Å²) in [6.07, 6.45) is 2.71. The van der Waals surface area contributed by atoms with Crippen LogP contribution in [0.3, 0.4) is 0 Å². The van der Waals surface area contributed by atoms with Gasteiger partial charge in [-0.1, -0.05) is 12.5 Å². The van der Waals surface area contributed by atoms with E-state index in [2.05, 4.69) is 6.92 Å². The lowest BCUT2D eigenvalue weighted by atomic mass is 9.96. The molecule has 1 fully saturated rings. The Morgan fingerprint density at radius 3 is 2.57 bits per heavy atom. The predicted octanol–water partition coefficient (Wildman–Crippen LogP) is 1.15. The van der Waals surface area contributed by atoms with Crippen molar-refractivity contribution in [3.8, 4) is 0 Å². The molecule has 1 saturated heterocycles. The number of carbonyl (C=O) groups is 1. The van der Waals surface area contributed by atoms with Crippen molar-refractivity contribution in [3.05, 3.63) is 11.6 Å². The first-order valence-corrected chi connectivity index (χ1v) is 5.18. The molecule has 80 valence electrons. The molecule has 0 bridgehead atoms. The van der Waals surface area contributed by atoms with E-state index in [-0.39, 0.29) is 11.9 Å². The summed E-state index contributed by atoms with van der Waals surface area (Å²) >= 11 is 0. The van der Waals surface area contributed by atoms with Crippen LogP contribution >= 0.6 is 0 Å². The Morgan fingerprint density at radius 2 is 2.07 bits per heavy atom. The van der Waals surface area contributed by atoms with Crippen molar-refractivity contribution in [2.75, 3.05) is 13.1 Å². The van der Waals surface area contributed by atoms with Gasteiger partial charge in [0.2, 0.25) is 5.91 Å². The SMILES string of the molecule is CC(C)=CC(=O)N1CC(C)CC(N)C1. The number of piperidine rings is 1. The van der Waals surface area contributed by atoms with Crippen LogP contribution in [0, 0.1) is 5.92 Å². The second-order valence-electron chi connectivity index (χ2n) is 4.57. The second-order valence-corrected chi connectivity index (χ2v) is 4.57. The molecule has 3 nitrogen and oxygen atoms in total. The second kappa shape index (κ2) is 4.60. The summed E-state index contributed by atoms with van der Waals surface area (Å²) in [5.41, 5.74) is 6.91. The molecule has 1 aliphatic rings. The van der Waals surface area contributed by atoms with E-state index in [0.29, 0.717) is 12.5 Å². The number of carbonyl (C=O) groups excluding carboxylic acids is 1. The van der Waals surface area contributed by atoms with Crippen LogP contribution in [-0.2, 0) is 4.79 Å². The van der Waals surface area contributed by atoms with Crippen LogP contribution in [0.15, 0.2) is 11.6 Å². The zero-order chi connectivity index (χ0) is 10.7. The minimum atomic E-state index is 0.104. The Hall–Kier alpha value is -0.830. The van der Waals surface area contributed by atoms with Gasteiger partial charge in [0.1, 0.15) is 0 Å². The molecule has 1 heterocycles. The van der Waals surface area contributed by atoms with E-state index in [1.807, 2.05) is 18.7 Å². The van der Waals surface area contributed by atoms with Crippen molar-refractivity contribution in [1.29, 1.82) is 0 Å². The van der Waals surface area contributed by atoms with Gasteiger partial charge in [-0.15, -0.1) is 0 Å². The molecule has 1 amide bonds. The van der Waals surface area contributed by atoms with Crippen molar-refractivity contribution in [1.82, 2.24) is 4.90 Å². The monoisotopic (exact) mass is 196 g/mol. The maximum atomic E-state index is 11.7. The lowest BCUT2D eigenvalue weighted by Gasteiger charge is -2.34. The number of nitrogens with two attached hydrogens (primary N) is 1. The zero-order valence-corrected chi connectivity index (χ0v) is 9.29. The molecule has 2 unspecified atom stereocenters. The van der Waals surface area contributed by atoms with Crippen molar-refractivity contribution in [2.24, 2.45) is 11.7 Å². The van der Waals surface area contributed by atoms with E-state index in [0.717, 1.165) is 18.5 Å². The number of allylic oxidation sites excluding steroid dienone is 1. The molecule has 2 atom stereocenters. The minimum absolute atomic E-state index is 0.104. The third kappa shape index (κ3) is 3.14. The summed E-state index contributed by atoms with van der Waals surface area (Å²) in [7, 11) is 0. The third-order valence-electron chi connectivity index (χ3n) is 2.42. The van der Waals surface area contributed by atoms with Crippen molar-refractivity contribution < 1.29 is 4.79 Å². The van der Waals surface area contributed by atoms with Gasteiger partial charge in [-0.2, -0.15) is 0 Å². The van der Waals surface area contributed by atoms with Crippen molar-refractivity contribution in [3.63, 3.8) is 0 Å². The summed E-state index contributed by atoms with van der Waals surface area (Å²) in [5, 5.41) is 0. The van der Waals surface area contributed by atoms with E-state index in [1.165, 1.54) is 0 Å². The summed E-state index contributed by atoms with van der Waals surface area (Å²) in [6, 6.07) is 0.147. The summed E-state index contributed by atoms with van der Waals surface area (Å²) in [4.78, 5) is 13.5. The Balaban J connectivity index is 2.59. The van der Waals surface area contributed by atoms with E-state index in [9.17, 15) is 4.79 Å². The molecule has 0 aliphatic carbocycles. The van der Waals surface area contributed by atoms with E-state index < -0.39 is 0 Å². The smallest absolute Gasteiger partial charge is 0.246 e. The van der Waals surface area contributed by atoms with E-state index in [4.69, 9.17) is 5.73 Å². The van der Waals surface area contributed by atoms with Crippen molar-refractivity contribution >= 4 is 5.91 Å². The molecule has 14 heavy (non-hydrogen) atoms. The highest BCUT2D eigenvalue weighted by atomic mass is 16.2. The Kier molecular flexibility index (Phi) is 3.69.